The molecule has 0 bridgehead atoms. The van der Waals surface area contributed by atoms with Gasteiger partial charge in [-0.1, -0.05) is 0 Å². The van der Waals surface area contributed by atoms with Gasteiger partial charge in [0.2, 0.25) is 0 Å². The van der Waals surface area contributed by atoms with Crippen LogP contribution in [0.2, 0.25) is 0 Å². The van der Waals surface area contributed by atoms with E-state index in [1.165, 1.54) is 11.7 Å². The van der Waals surface area contributed by atoms with E-state index in [0.29, 0.717) is 0 Å². The molecule has 1 saturated heterocycles. The quantitative estimate of drug-likeness (QED) is 0.708. The normalized spacial score (nSPS) is 18.9. The maximum atomic E-state index is 4.35. The van der Waals surface area contributed by atoms with Crippen molar-refractivity contribution in [2.75, 3.05) is 44.4 Å². The van der Waals surface area contributed by atoms with Gasteiger partial charge in [0, 0.05) is 26.2 Å². The highest BCUT2D eigenvalue weighted by Gasteiger charge is 2.19. The predicted molar refractivity (Wildman–Crippen MR) is 61.4 cm³/mol. The number of hydrogen-bond acceptors (Lipinski definition) is 6. The van der Waals surface area contributed by atoms with Crippen LogP contribution < -0.4 is 4.90 Å². The molecule has 2 rings (SSSR count). The second-order valence-electron chi connectivity index (χ2n) is 3.39. The maximum absolute atomic E-state index is 4.35. The molecule has 0 amide bonds. The smallest absolute Gasteiger partial charge is 0.176 e. The van der Waals surface area contributed by atoms with Crippen molar-refractivity contribution >= 4 is 29.3 Å². The molecule has 0 atom stereocenters. The second kappa shape index (κ2) is 4.46. The lowest BCUT2D eigenvalue weighted by molar-refractivity contribution is 0.311. The summed E-state index contributed by atoms with van der Waals surface area (Å²) in [6.07, 6.45) is 2.05. The SMILES string of the molecule is CSc1nsnc1N1CCN(C)CC1. The summed E-state index contributed by atoms with van der Waals surface area (Å²) in [4.78, 5) is 4.67. The molecule has 1 aromatic heterocycles. The highest BCUT2D eigenvalue weighted by molar-refractivity contribution is 7.98. The molecule has 0 aliphatic carbocycles. The van der Waals surface area contributed by atoms with Crippen molar-refractivity contribution in [2.24, 2.45) is 0 Å². The van der Waals surface area contributed by atoms with Crippen LogP contribution in [0, 0.1) is 0 Å². The Morgan fingerprint density at radius 1 is 1.21 bits per heavy atom. The third-order valence-electron chi connectivity index (χ3n) is 2.44. The van der Waals surface area contributed by atoms with Gasteiger partial charge in [-0.25, -0.2) is 0 Å². The molecule has 2 heterocycles. The zero-order valence-corrected chi connectivity index (χ0v) is 10.1. The fourth-order valence-electron chi connectivity index (χ4n) is 1.52. The highest BCUT2D eigenvalue weighted by atomic mass is 32.2. The van der Waals surface area contributed by atoms with Gasteiger partial charge in [0.15, 0.2) is 10.8 Å². The Kier molecular flexibility index (Phi) is 3.25. The van der Waals surface area contributed by atoms with Crippen LogP contribution in [0.25, 0.3) is 0 Å². The number of thioether (sulfide) groups is 1. The topological polar surface area (TPSA) is 32.3 Å². The minimum Gasteiger partial charge on any atom is -0.351 e. The first kappa shape index (κ1) is 10.2. The first-order chi connectivity index (χ1) is 6.81. The highest BCUT2D eigenvalue weighted by Crippen LogP contribution is 2.26. The van der Waals surface area contributed by atoms with Crippen LogP contribution >= 0.6 is 23.5 Å². The Labute approximate surface area is 92.6 Å². The van der Waals surface area contributed by atoms with Gasteiger partial charge in [-0.2, -0.15) is 8.75 Å². The Balaban J connectivity index is 2.08. The molecule has 6 heteroatoms. The van der Waals surface area contributed by atoms with Crippen molar-refractivity contribution in [1.82, 2.24) is 13.6 Å². The molecular formula is C8H14N4S2. The van der Waals surface area contributed by atoms with Crippen molar-refractivity contribution in [2.45, 2.75) is 5.03 Å². The van der Waals surface area contributed by atoms with Crippen LogP contribution in [0.5, 0.6) is 0 Å². The Hall–Kier alpha value is -0.330. The van der Waals surface area contributed by atoms with Gasteiger partial charge in [-0.3, -0.25) is 0 Å². The molecule has 0 saturated carbocycles. The number of piperazine rings is 1. The van der Waals surface area contributed by atoms with Gasteiger partial charge in [-0.15, -0.1) is 11.8 Å². The fourth-order valence-corrected chi connectivity index (χ4v) is 2.80. The van der Waals surface area contributed by atoms with Crippen molar-refractivity contribution in [3.8, 4) is 0 Å². The van der Waals surface area contributed by atoms with Gasteiger partial charge in [-0.05, 0) is 13.3 Å². The Bertz CT molecular complexity index is 293. The summed E-state index contributed by atoms with van der Waals surface area (Å²) in [7, 11) is 2.16. The molecule has 0 aromatic carbocycles. The van der Waals surface area contributed by atoms with E-state index in [1.54, 1.807) is 11.8 Å². The molecule has 0 radical (unpaired) electrons. The van der Waals surface area contributed by atoms with Gasteiger partial charge in [0.1, 0.15) is 0 Å². The summed E-state index contributed by atoms with van der Waals surface area (Å²) >= 11 is 2.99. The summed E-state index contributed by atoms with van der Waals surface area (Å²) in [6.45, 7) is 4.36. The van der Waals surface area contributed by atoms with Crippen LogP contribution in [0.1, 0.15) is 0 Å². The maximum Gasteiger partial charge on any atom is 0.176 e. The molecule has 1 aromatic rings. The number of hydrogen-bond donors (Lipinski definition) is 0. The van der Waals surface area contributed by atoms with E-state index in [2.05, 4.69) is 31.9 Å². The Morgan fingerprint density at radius 2 is 1.93 bits per heavy atom. The van der Waals surface area contributed by atoms with Gasteiger partial charge < -0.3 is 9.80 Å². The average Bonchev–Trinajstić information content (AvgIpc) is 2.67. The van der Waals surface area contributed by atoms with E-state index >= 15 is 0 Å². The lowest BCUT2D eigenvalue weighted by Crippen LogP contribution is -2.44. The number of likely N-dealkylation sites (N-methyl/N-ethyl adjacent to an activating group) is 1. The van der Waals surface area contributed by atoms with E-state index in [-0.39, 0.29) is 0 Å². The van der Waals surface area contributed by atoms with E-state index in [1.807, 2.05) is 0 Å². The second-order valence-corrected chi connectivity index (χ2v) is 4.71. The minimum atomic E-state index is 1.06. The van der Waals surface area contributed by atoms with Crippen molar-refractivity contribution in [3.63, 3.8) is 0 Å². The van der Waals surface area contributed by atoms with Crippen molar-refractivity contribution in [1.29, 1.82) is 0 Å². The summed E-state index contributed by atoms with van der Waals surface area (Å²) in [5.74, 6) is 1.08. The predicted octanol–water partition coefficient (Wildman–Crippen LogP) is 1.01. The molecule has 78 valence electrons. The lowest BCUT2D eigenvalue weighted by atomic mass is 10.3. The van der Waals surface area contributed by atoms with E-state index in [0.717, 1.165) is 37.0 Å². The van der Waals surface area contributed by atoms with E-state index in [9.17, 15) is 0 Å². The lowest BCUT2D eigenvalue weighted by Gasteiger charge is -2.32. The first-order valence-corrected chi connectivity index (χ1v) is 6.57. The largest absolute Gasteiger partial charge is 0.351 e. The fraction of sp³-hybridized carbons (Fsp3) is 0.750. The summed E-state index contributed by atoms with van der Waals surface area (Å²) in [5.41, 5.74) is 0. The molecule has 0 N–H and O–H groups in total. The number of nitrogens with zero attached hydrogens (tertiary/aromatic N) is 4. The standard InChI is InChI=1S/C8H14N4S2/c1-11-3-5-12(6-4-11)7-8(13-2)10-14-9-7/h3-6H2,1-2H3. The third-order valence-corrected chi connectivity index (χ3v) is 3.73. The summed E-state index contributed by atoms with van der Waals surface area (Å²) in [5, 5.41) is 1.07. The van der Waals surface area contributed by atoms with E-state index < -0.39 is 0 Å². The van der Waals surface area contributed by atoms with Gasteiger partial charge >= 0.3 is 0 Å². The molecule has 1 fully saturated rings. The average molecular weight is 230 g/mol. The molecule has 0 spiro atoms. The van der Waals surface area contributed by atoms with Gasteiger partial charge in [0.25, 0.3) is 0 Å². The monoisotopic (exact) mass is 230 g/mol. The summed E-state index contributed by atoms with van der Waals surface area (Å²) in [6, 6.07) is 0. The number of aromatic nitrogens is 2. The van der Waals surface area contributed by atoms with Crippen LogP contribution in [0.4, 0.5) is 5.82 Å². The van der Waals surface area contributed by atoms with Crippen LogP contribution in [-0.2, 0) is 0 Å². The van der Waals surface area contributed by atoms with Crippen LogP contribution in [0.15, 0.2) is 5.03 Å². The summed E-state index contributed by atoms with van der Waals surface area (Å²) < 4.78 is 8.62. The minimum absolute atomic E-state index is 1.06. The molecule has 1 aliphatic rings. The number of anilines is 1. The van der Waals surface area contributed by atoms with Gasteiger partial charge in [0.05, 0.1) is 11.7 Å². The molecule has 0 unspecified atom stereocenters. The van der Waals surface area contributed by atoms with Crippen LogP contribution in [0.3, 0.4) is 0 Å². The zero-order chi connectivity index (χ0) is 9.97. The van der Waals surface area contributed by atoms with E-state index in [4.69, 9.17) is 0 Å². The van der Waals surface area contributed by atoms with Crippen molar-refractivity contribution < 1.29 is 0 Å². The molecular weight excluding hydrogens is 216 g/mol. The molecule has 1 aliphatic heterocycles. The first-order valence-electron chi connectivity index (χ1n) is 4.61. The molecule has 4 nitrogen and oxygen atoms in total. The van der Waals surface area contributed by atoms with Crippen LogP contribution in [-0.4, -0.2) is 53.1 Å². The van der Waals surface area contributed by atoms with Crippen molar-refractivity contribution in [3.05, 3.63) is 0 Å². The molecule has 14 heavy (non-hydrogen) atoms. The Morgan fingerprint density at radius 3 is 2.57 bits per heavy atom. The zero-order valence-electron chi connectivity index (χ0n) is 8.43. The third kappa shape index (κ3) is 2.02. The number of rotatable bonds is 2.